The Hall–Kier alpha value is -1.10. The van der Waals surface area contributed by atoms with Crippen LogP contribution >= 0.6 is 0 Å². The second-order valence-corrected chi connectivity index (χ2v) is 4.60. The maximum atomic E-state index is 5.53. The molecule has 0 bridgehead atoms. The van der Waals surface area contributed by atoms with Crippen LogP contribution in [0.1, 0.15) is 12.5 Å². The minimum atomic E-state index is 0.186. The van der Waals surface area contributed by atoms with Gasteiger partial charge in [0.15, 0.2) is 0 Å². The highest BCUT2D eigenvalue weighted by Gasteiger charge is 2.30. The fourth-order valence-corrected chi connectivity index (χ4v) is 2.21. The van der Waals surface area contributed by atoms with Gasteiger partial charge in [-0.2, -0.15) is 0 Å². The Morgan fingerprint density at radius 3 is 2.67 bits per heavy atom. The molecule has 1 aliphatic rings. The first-order valence-electron chi connectivity index (χ1n) is 6.22. The van der Waals surface area contributed by atoms with Gasteiger partial charge in [0.2, 0.25) is 0 Å². The smallest absolute Gasteiger partial charge is 0.118 e. The van der Waals surface area contributed by atoms with Crippen LogP contribution in [0.5, 0.6) is 5.75 Å². The van der Waals surface area contributed by atoms with E-state index in [2.05, 4.69) is 24.0 Å². The Labute approximate surface area is 108 Å². The van der Waals surface area contributed by atoms with Gasteiger partial charge in [0.05, 0.1) is 32.6 Å². The molecule has 1 aliphatic heterocycles. The highest BCUT2D eigenvalue weighted by molar-refractivity contribution is 5.27. The zero-order valence-electron chi connectivity index (χ0n) is 11.3. The normalized spacial score (nSPS) is 22.1. The van der Waals surface area contributed by atoms with Crippen LogP contribution in [-0.2, 0) is 16.0 Å². The highest BCUT2D eigenvalue weighted by atomic mass is 16.5. The standard InChI is InChI=1S/C14H21NO3/c1-11(16-2)14-9-18-10-15(14)8-12-4-6-13(17-3)7-5-12/h4-7,11,14H,8-10H2,1-3H3/t11?,14-/m1/s1. The maximum absolute atomic E-state index is 5.53. The number of hydrogen-bond donors (Lipinski definition) is 0. The van der Waals surface area contributed by atoms with Crippen molar-refractivity contribution >= 4 is 0 Å². The molecule has 1 aromatic rings. The number of ether oxygens (including phenoxy) is 3. The molecule has 1 fully saturated rings. The summed E-state index contributed by atoms with van der Waals surface area (Å²) in [5.74, 6) is 0.887. The Morgan fingerprint density at radius 2 is 2.06 bits per heavy atom. The third-order valence-electron chi connectivity index (χ3n) is 3.47. The SMILES string of the molecule is COc1ccc(CN2COC[C@@H]2C(C)OC)cc1. The summed E-state index contributed by atoms with van der Waals surface area (Å²) in [7, 11) is 3.42. The van der Waals surface area contributed by atoms with Gasteiger partial charge in [-0.1, -0.05) is 12.1 Å². The van der Waals surface area contributed by atoms with E-state index in [1.807, 2.05) is 12.1 Å². The van der Waals surface area contributed by atoms with Gasteiger partial charge in [-0.15, -0.1) is 0 Å². The molecule has 0 aromatic heterocycles. The predicted octanol–water partition coefficient (Wildman–Crippen LogP) is 1.89. The van der Waals surface area contributed by atoms with Crippen LogP contribution < -0.4 is 4.74 Å². The van der Waals surface area contributed by atoms with Gasteiger partial charge < -0.3 is 14.2 Å². The third-order valence-corrected chi connectivity index (χ3v) is 3.47. The molecule has 0 spiro atoms. The van der Waals surface area contributed by atoms with Crippen LogP contribution in [0.3, 0.4) is 0 Å². The Balaban J connectivity index is 1.99. The Bertz CT molecular complexity index is 366. The van der Waals surface area contributed by atoms with Crippen molar-refractivity contribution in [2.75, 3.05) is 27.6 Å². The van der Waals surface area contributed by atoms with Gasteiger partial charge in [0.25, 0.3) is 0 Å². The minimum Gasteiger partial charge on any atom is -0.497 e. The van der Waals surface area contributed by atoms with Crippen LogP contribution in [0.25, 0.3) is 0 Å². The first kappa shape index (κ1) is 13.3. The van der Waals surface area contributed by atoms with Crippen molar-refractivity contribution in [1.82, 2.24) is 4.90 Å². The summed E-state index contributed by atoms with van der Waals surface area (Å²) in [5.41, 5.74) is 1.26. The summed E-state index contributed by atoms with van der Waals surface area (Å²) in [6.07, 6.45) is 0.186. The van der Waals surface area contributed by atoms with E-state index in [1.54, 1.807) is 14.2 Å². The number of nitrogens with zero attached hydrogens (tertiary/aromatic N) is 1. The topological polar surface area (TPSA) is 30.9 Å². The van der Waals surface area contributed by atoms with Crippen molar-refractivity contribution in [2.24, 2.45) is 0 Å². The number of benzene rings is 1. The van der Waals surface area contributed by atoms with Crippen molar-refractivity contribution in [3.63, 3.8) is 0 Å². The number of rotatable bonds is 5. The summed E-state index contributed by atoms with van der Waals surface area (Å²) in [6, 6.07) is 8.48. The third kappa shape index (κ3) is 3.02. The molecular formula is C14H21NO3. The van der Waals surface area contributed by atoms with E-state index < -0.39 is 0 Å². The van der Waals surface area contributed by atoms with E-state index in [0.717, 1.165) is 18.9 Å². The van der Waals surface area contributed by atoms with Gasteiger partial charge in [-0.3, -0.25) is 4.90 Å². The number of methoxy groups -OCH3 is 2. The molecule has 4 heteroatoms. The quantitative estimate of drug-likeness (QED) is 0.799. The Morgan fingerprint density at radius 1 is 1.33 bits per heavy atom. The molecular weight excluding hydrogens is 230 g/mol. The van der Waals surface area contributed by atoms with Crippen LogP contribution in [-0.4, -0.2) is 44.6 Å². The van der Waals surface area contributed by atoms with E-state index >= 15 is 0 Å². The number of hydrogen-bond acceptors (Lipinski definition) is 4. The molecule has 1 aromatic carbocycles. The maximum Gasteiger partial charge on any atom is 0.118 e. The average molecular weight is 251 g/mol. The minimum absolute atomic E-state index is 0.186. The second-order valence-electron chi connectivity index (χ2n) is 4.60. The van der Waals surface area contributed by atoms with E-state index in [4.69, 9.17) is 14.2 Å². The molecule has 0 amide bonds. The fraction of sp³-hybridized carbons (Fsp3) is 0.571. The lowest BCUT2D eigenvalue weighted by Gasteiger charge is -2.26. The molecule has 18 heavy (non-hydrogen) atoms. The molecule has 2 rings (SSSR count). The van der Waals surface area contributed by atoms with Gasteiger partial charge >= 0.3 is 0 Å². The summed E-state index contributed by atoms with van der Waals surface area (Å²) in [5, 5.41) is 0. The molecule has 1 heterocycles. The lowest BCUT2D eigenvalue weighted by molar-refractivity contribution is 0.0454. The van der Waals surface area contributed by atoms with Crippen LogP contribution in [0.15, 0.2) is 24.3 Å². The van der Waals surface area contributed by atoms with Crippen LogP contribution in [0.2, 0.25) is 0 Å². The summed E-state index contributed by atoms with van der Waals surface area (Å²) in [6.45, 7) is 4.37. The van der Waals surface area contributed by atoms with Crippen LogP contribution in [0, 0.1) is 0 Å². The lowest BCUT2D eigenvalue weighted by Crippen LogP contribution is -2.39. The van der Waals surface area contributed by atoms with Crippen LogP contribution in [0.4, 0.5) is 0 Å². The van der Waals surface area contributed by atoms with Gasteiger partial charge in [-0.25, -0.2) is 0 Å². The molecule has 4 nitrogen and oxygen atoms in total. The van der Waals surface area contributed by atoms with Crippen molar-refractivity contribution in [1.29, 1.82) is 0 Å². The summed E-state index contributed by atoms with van der Waals surface area (Å²) in [4.78, 5) is 2.30. The van der Waals surface area contributed by atoms with E-state index in [1.165, 1.54) is 5.56 Å². The second kappa shape index (κ2) is 6.18. The zero-order chi connectivity index (χ0) is 13.0. The highest BCUT2D eigenvalue weighted by Crippen LogP contribution is 2.19. The van der Waals surface area contributed by atoms with Gasteiger partial charge in [0, 0.05) is 13.7 Å². The average Bonchev–Trinajstić information content (AvgIpc) is 2.87. The van der Waals surface area contributed by atoms with Gasteiger partial charge in [-0.05, 0) is 24.6 Å². The van der Waals surface area contributed by atoms with Crippen molar-refractivity contribution < 1.29 is 14.2 Å². The molecule has 0 N–H and O–H groups in total. The molecule has 0 saturated carbocycles. The molecule has 0 aliphatic carbocycles. The van der Waals surface area contributed by atoms with Crippen molar-refractivity contribution in [2.45, 2.75) is 25.6 Å². The van der Waals surface area contributed by atoms with E-state index in [-0.39, 0.29) is 6.10 Å². The first-order valence-corrected chi connectivity index (χ1v) is 6.22. The molecule has 100 valence electrons. The monoisotopic (exact) mass is 251 g/mol. The molecule has 1 unspecified atom stereocenters. The van der Waals surface area contributed by atoms with Crippen molar-refractivity contribution in [3.05, 3.63) is 29.8 Å². The fourth-order valence-electron chi connectivity index (χ4n) is 2.21. The summed E-state index contributed by atoms with van der Waals surface area (Å²) < 4.78 is 16.1. The molecule has 2 atom stereocenters. The zero-order valence-corrected chi connectivity index (χ0v) is 11.3. The molecule has 0 radical (unpaired) electrons. The van der Waals surface area contributed by atoms with E-state index in [0.29, 0.717) is 12.8 Å². The Kier molecular flexibility index (Phi) is 4.58. The largest absolute Gasteiger partial charge is 0.497 e. The van der Waals surface area contributed by atoms with Gasteiger partial charge in [0.1, 0.15) is 5.75 Å². The van der Waals surface area contributed by atoms with Crippen molar-refractivity contribution in [3.8, 4) is 5.75 Å². The molecule has 1 saturated heterocycles. The van der Waals surface area contributed by atoms with E-state index in [9.17, 15) is 0 Å². The first-order chi connectivity index (χ1) is 8.74. The summed E-state index contributed by atoms with van der Waals surface area (Å²) >= 11 is 0. The predicted molar refractivity (Wildman–Crippen MR) is 69.6 cm³/mol. The lowest BCUT2D eigenvalue weighted by atomic mass is 10.1.